The van der Waals surface area contributed by atoms with Crippen molar-refractivity contribution in [2.75, 3.05) is 27.2 Å². The summed E-state index contributed by atoms with van der Waals surface area (Å²) in [5, 5.41) is 0. The first-order valence-electron chi connectivity index (χ1n) is 5.78. The van der Waals surface area contributed by atoms with Gasteiger partial charge in [-0.1, -0.05) is 13.2 Å². The predicted octanol–water partition coefficient (Wildman–Crippen LogP) is 1.45. The number of unbranched alkanes of at least 4 members (excludes halogenated alkanes) is 2. The third kappa shape index (κ3) is 6.56. The highest BCUT2D eigenvalue weighted by Gasteiger charge is 2.05. The van der Waals surface area contributed by atoms with Crippen molar-refractivity contribution >= 4 is 11.8 Å². The summed E-state index contributed by atoms with van der Waals surface area (Å²) in [6.07, 6.45) is 5.50. The molecule has 0 unspecified atom stereocenters. The third-order valence-electron chi connectivity index (χ3n) is 2.59. The molecule has 0 aromatic rings. The van der Waals surface area contributed by atoms with Gasteiger partial charge in [-0.2, -0.15) is 0 Å². The Hall–Kier alpha value is -1.58. The number of hydrogen-bond donors (Lipinski definition) is 0. The van der Waals surface area contributed by atoms with Crippen LogP contribution in [0.25, 0.3) is 0 Å². The smallest absolute Gasteiger partial charge is 0.245 e. The molecule has 0 radical (unpaired) electrons. The van der Waals surface area contributed by atoms with Gasteiger partial charge in [0, 0.05) is 27.2 Å². The van der Waals surface area contributed by atoms with Gasteiger partial charge in [0.1, 0.15) is 0 Å². The minimum atomic E-state index is -0.0519. The summed E-state index contributed by atoms with van der Waals surface area (Å²) in [4.78, 5) is 25.6. The number of carbonyl (C=O) groups excluding carboxylic acids is 2. The van der Waals surface area contributed by atoms with Gasteiger partial charge >= 0.3 is 0 Å². The molecule has 0 fully saturated rings. The third-order valence-corrected chi connectivity index (χ3v) is 2.59. The molecular formula is C13H22N2O2. The van der Waals surface area contributed by atoms with Gasteiger partial charge in [0.2, 0.25) is 11.8 Å². The van der Waals surface area contributed by atoms with Gasteiger partial charge in [0.15, 0.2) is 0 Å². The second-order valence-corrected chi connectivity index (χ2v) is 3.99. The van der Waals surface area contributed by atoms with E-state index in [9.17, 15) is 9.59 Å². The largest absolute Gasteiger partial charge is 0.342 e. The highest BCUT2D eigenvalue weighted by atomic mass is 16.2. The van der Waals surface area contributed by atoms with Crippen LogP contribution in [0, 0.1) is 0 Å². The minimum Gasteiger partial charge on any atom is -0.342 e. The Labute approximate surface area is 104 Å². The van der Waals surface area contributed by atoms with Crippen LogP contribution in [-0.4, -0.2) is 48.8 Å². The maximum absolute atomic E-state index is 11.2. The van der Waals surface area contributed by atoms with Crippen molar-refractivity contribution in [3.05, 3.63) is 25.3 Å². The molecule has 4 nitrogen and oxygen atoms in total. The van der Waals surface area contributed by atoms with Crippen LogP contribution >= 0.6 is 0 Å². The normalized spacial score (nSPS) is 9.53. The first-order valence-corrected chi connectivity index (χ1v) is 5.78. The van der Waals surface area contributed by atoms with E-state index in [0.29, 0.717) is 0 Å². The zero-order valence-electron chi connectivity index (χ0n) is 10.8. The van der Waals surface area contributed by atoms with Crippen molar-refractivity contribution < 1.29 is 9.59 Å². The van der Waals surface area contributed by atoms with Gasteiger partial charge in [-0.25, -0.2) is 0 Å². The summed E-state index contributed by atoms with van der Waals surface area (Å²) in [6, 6.07) is 0. The first-order chi connectivity index (χ1) is 8.02. The summed E-state index contributed by atoms with van der Waals surface area (Å²) in [6.45, 7) is 8.32. The number of carbonyl (C=O) groups is 2. The molecule has 0 aliphatic carbocycles. The molecular weight excluding hydrogens is 216 g/mol. The van der Waals surface area contributed by atoms with E-state index in [-0.39, 0.29) is 11.8 Å². The summed E-state index contributed by atoms with van der Waals surface area (Å²) >= 11 is 0. The Morgan fingerprint density at radius 3 is 1.53 bits per heavy atom. The summed E-state index contributed by atoms with van der Waals surface area (Å²) in [5.41, 5.74) is 0. The van der Waals surface area contributed by atoms with E-state index in [1.807, 2.05) is 0 Å². The van der Waals surface area contributed by atoms with E-state index < -0.39 is 0 Å². The molecule has 0 aromatic carbocycles. The molecule has 0 rings (SSSR count). The highest BCUT2D eigenvalue weighted by Crippen LogP contribution is 2.00. The van der Waals surface area contributed by atoms with Crippen molar-refractivity contribution in [1.29, 1.82) is 0 Å². The summed E-state index contributed by atoms with van der Waals surface area (Å²) in [5.74, 6) is -0.104. The zero-order valence-corrected chi connectivity index (χ0v) is 10.8. The van der Waals surface area contributed by atoms with Gasteiger partial charge in [-0.15, -0.1) is 0 Å². The Morgan fingerprint density at radius 1 is 0.882 bits per heavy atom. The fraction of sp³-hybridized carbons (Fsp3) is 0.538. The molecule has 0 bridgehead atoms. The second kappa shape index (κ2) is 8.56. The average Bonchev–Trinajstić information content (AvgIpc) is 2.35. The molecule has 0 aliphatic heterocycles. The predicted molar refractivity (Wildman–Crippen MR) is 69.5 cm³/mol. The molecule has 0 heterocycles. The van der Waals surface area contributed by atoms with Gasteiger partial charge in [0.25, 0.3) is 0 Å². The SMILES string of the molecule is C=CC(=O)N(C)CCCCCN(C)C(=O)C=C. The lowest BCUT2D eigenvalue weighted by Gasteiger charge is -2.16. The second-order valence-electron chi connectivity index (χ2n) is 3.99. The topological polar surface area (TPSA) is 40.6 Å². The molecule has 2 amide bonds. The quantitative estimate of drug-likeness (QED) is 0.474. The van der Waals surface area contributed by atoms with Crippen molar-refractivity contribution in [3.8, 4) is 0 Å². The van der Waals surface area contributed by atoms with Crippen LogP contribution < -0.4 is 0 Å². The first kappa shape index (κ1) is 15.4. The van der Waals surface area contributed by atoms with Crippen LogP contribution in [0.2, 0.25) is 0 Å². The number of likely N-dealkylation sites (N-methyl/N-ethyl adjacent to an activating group) is 2. The lowest BCUT2D eigenvalue weighted by molar-refractivity contribution is -0.125. The van der Waals surface area contributed by atoms with Gasteiger partial charge in [0.05, 0.1) is 0 Å². The molecule has 96 valence electrons. The Balaban J connectivity index is 3.59. The van der Waals surface area contributed by atoms with E-state index >= 15 is 0 Å². The molecule has 17 heavy (non-hydrogen) atoms. The van der Waals surface area contributed by atoms with E-state index in [1.54, 1.807) is 23.9 Å². The fourth-order valence-corrected chi connectivity index (χ4v) is 1.41. The average molecular weight is 238 g/mol. The number of hydrogen-bond acceptors (Lipinski definition) is 2. The Kier molecular flexibility index (Phi) is 7.76. The van der Waals surface area contributed by atoms with Crippen LogP contribution in [0.4, 0.5) is 0 Å². The summed E-state index contributed by atoms with van der Waals surface area (Å²) < 4.78 is 0. The standard InChI is InChI=1S/C13H22N2O2/c1-5-12(16)14(3)10-8-7-9-11-15(4)13(17)6-2/h5-6H,1-2,7-11H2,3-4H3. The van der Waals surface area contributed by atoms with Crippen LogP contribution in [0.5, 0.6) is 0 Å². The van der Waals surface area contributed by atoms with E-state index in [0.717, 1.165) is 32.4 Å². The van der Waals surface area contributed by atoms with E-state index in [2.05, 4.69) is 13.2 Å². The minimum absolute atomic E-state index is 0.0519. The lowest BCUT2D eigenvalue weighted by Crippen LogP contribution is -2.27. The fourth-order valence-electron chi connectivity index (χ4n) is 1.41. The van der Waals surface area contributed by atoms with Crippen molar-refractivity contribution in [2.45, 2.75) is 19.3 Å². The van der Waals surface area contributed by atoms with Crippen molar-refractivity contribution in [2.24, 2.45) is 0 Å². The lowest BCUT2D eigenvalue weighted by atomic mass is 10.2. The maximum atomic E-state index is 11.2. The summed E-state index contributed by atoms with van der Waals surface area (Å²) in [7, 11) is 3.52. The number of nitrogens with zero attached hydrogens (tertiary/aromatic N) is 2. The van der Waals surface area contributed by atoms with Crippen LogP contribution in [0.3, 0.4) is 0 Å². The van der Waals surface area contributed by atoms with E-state index in [4.69, 9.17) is 0 Å². The van der Waals surface area contributed by atoms with E-state index in [1.165, 1.54) is 12.2 Å². The number of amides is 2. The molecule has 0 spiro atoms. The monoisotopic (exact) mass is 238 g/mol. The van der Waals surface area contributed by atoms with Gasteiger partial charge in [-0.3, -0.25) is 9.59 Å². The van der Waals surface area contributed by atoms with Gasteiger partial charge in [-0.05, 0) is 31.4 Å². The van der Waals surface area contributed by atoms with Crippen LogP contribution in [0.15, 0.2) is 25.3 Å². The Morgan fingerprint density at radius 2 is 1.24 bits per heavy atom. The Bertz CT molecular complexity index is 259. The van der Waals surface area contributed by atoms with Crippen molar-refractivity contribution in [1.82, 2.24) is 9.80 Å². The molecule has 0 saturated heterocycles. The molecule has 0 aromatic heterocycles. The molecule has 4 heteroatoms. The van der Waals surface area contributed by atoms with Crippen molar-refractivity contribution in [3.63, 3.8) is 0 Å². The molecule has 0 aliphatic rings. The maximum Gasteiger partial charge on any atom is 0.245 e. The van der Waals surface area contributed by atoms with Crippen LogP contribution in [-0.2, 0) is 9.59 Å². The highest BCUT2D eigenvalue weighted by molar-refractivity contribution is 5.87. The zero-order chi connectivity index (χ0) is 13.3. The van der Waals surface area contributed by atoms with Gasteiger partial charge < -0.3 is 9.80 Å². The molecule has 0 N–H and O–H groups in total. The molecule has 0 saturated carbocycles. The number of rotatable bonds is 8. The van der Waals surface area contributed by atoms with Crippen LogP contribution in [0.1, 0.15) is 19.3 Å². The molecule has 0 atom stereocenters.